The van der Waals surface area contributed by atoms with E-state index in [1.54, 1.807) is 0 Å². The van der Waals surface area contributed by atoms with Crippen LogP contribution < -0.4 is 37.8 Å². The van der Waals surface area contributed by atoms with E-state index in [0.717, 1.165) is 19.3 Å². The molecule has 7 aromatic carbocycles. The van der Waals surface area contributed by atoms with Crippen LogP contribution in [0, 0.1) is 0 Å². The topological polar surface area (TPSA) is 20.2 Å². The fourth-order valence-electron chi connectivity index (χ4n) is 8.68. The first kappa shape index (κ1) is 34.4. The van der Waals surface area contributed by atoms with Gasteiger partial charge < -0.3 is 5.11 Å². The lowest BCUT2D eigenvalue weighted by molar-refractivity contribution is 0.135. The van der Waals surface area contributed by atoms with Gasteiger partial charge >= 0.3 is 0 Å². The van der Waals surface area contributed by atoms with Gasteiger partial charge in [-0.3, -0.25) is 0 Å². The largest absolute Gasteiger partial charge is 0.389 e. The van der Waals surface area contributed by atoms with E-state index in [9.17, 15) is 5.11 Å². The van der Waals surface area contributed by atoms with Crippen LogP contribution in [0.15, 0.2) is 212 Å². The maximum atomic E-state index is 11.1. The van der Waals surface area contributed by atoms with Crippen LogP contribution in [0.2, 0.25) is 0 Å². The Kier molecular flexibility index (Phi) is 11.0. The van der Waals surface area contributed by atoms with Crippen molar-refractivity contribution < 1.29 is 5.11 Å². The lowest BCUT2D eigenvalue weighted by Gasteiger charge is -2.44. The van der Waals surface area contributed by atoms with Crippen molar-refractivity contribution in [3.05, 3.63) is 212 Å². The first-order chi connectivity index (χ1) is 25.3. The fourth-order valence-corrected chi connectivity index (χ4v) is 13.9. The monoisotopic (exact) mass is 680 g/mol. The zero-order chi connectivity index (χ0) is 34.8. The summed E-state index contributed by atoms with van der Waals surface area (Å²) in [5, 5.41) is 15.3. The Bertz CT molecular complexity index is 1780. The zero-order valence-corrected chi connectivity index (χ0v) is 30.1. The van der Waals surface area contributed by atoms with E-state index in [4.69, 9.17) is 0 Å². The molecule has 8 rings (SSSR count). The number of aliphatic hydroxyl groups is 1. The van der Waals surface area contributed by atoms with Crippen LogP contribution in [0.3, 0.4) is 0 Å². The predicted molar refractivity (Wildman–Crippen MR) is 223 cm³/mol. The molecule has 3 heteroatoms. The zero-order valence-electron chi connectivity index (χ0n) is 29.2. The van der Waals surface area contributed by atoms with Crippen LogP contribution in [0.25, 0.3) is 0 Å². The lowest BCUT2D eigenvalue weighted by atomic mass is 9.13. The molecule has 0 aromatic heterocycles. The molecule has 252 valence electrons. The Labute approximate surface area is 305 Å². The summed E-state index contributed by atoms with van der Waals surface area (Å²) in [5.74, 6) is 0. The van der Waals surface area contributed by atoms with Crippen molar-refractivity contribution in [1.29, 1.82) is 0 Å². The van der Waals surface area contributed by atoms with Gasteiger partial charge in [0, 0.05) is 0 Å². The molecule has 1 fully saturated rings. The highest BCUT2D eigenvalue weighted by atomic mass is 31.2. The van der Waals surface area contributed by atoms with Crippen LogP contribution in [-0.2, 0) is 0 Å². The second kappa shape index (κ2) is 16.3. The van der Waals surface area contributed by atoms with E-state index in [2.05, 4.69) is 212 Å². The quantitative estimate of drug-likeness (QED) is 0.132. The molecule has 0 unspecified atom stereocenters. The second-order valence-electron chi connectivity index (χ2n) is 13.7. The van der Waals surface area contributed by atoms with Gasteiger partial charge in [-0.05, 0) is 55.7 Å². The number of aliphatic hydroxyl groups excluding tert-OH is 1. The van der Waals surface area contributed by atoms with Crippen molar-refractivity contribution in [2.45, 2.75) is 37.4 Å². The molecule has 51 heavy (non-hydrogen) atoms. The molecule has 1 aliphatic carbocycles. The normalized spacial score (nSPS) is 16.0. The van der Waals surface area contributed by atoms with Crippen molar-refractivity contribution >= 4 is 51.2 Å². The highest BCUT2D eigenvalue weighted by Crippen LogP contribution is 2.63. The van der Waals surface area contributed by atoms with Crippen LogP contribution in [0.4, 0.5) is 0 Å². The minimum atomic E-state index is -1.93. The molecule has 0 heterocycles. The molecule has 0 aliphatic heterocycles. The molecule has 0 spiro atoms. The minimum Gasteiger partial charge on any atom is -0.389 e. The van der Waals surface area contributed by atoms with Gasteiger partial charge in [0.2, 0.25) is 0 Å². The Morgan fingerprint density at radius 3 is 0.882 bits per heavy atom. The van der Waals surface area contributed by atoms with E-state index < -0.39 is 13.4 Å². The van der Waals surface area contributed by atoms with E-state index in [1.807, 2.05) is 0 Å². The van der Waals surface area contributed by atoms with Crippen LogP contribution in [0.5, 0.6) is 0 Å². The van der Waals surface area contributed by atoms with Crippen molar-refractivity contribution in [2.75, 3.05) is 0 Å². The summed E-state index contributed by atoms with van der Waals surface area (Å²) < 4.78 is 0. The van der Waals surface area contributed by atoms with Gasteiger partial charge in [0.1, 0.15) is 35.0 Å². The summed E-state index contributed by atoms with van der Waals surface area (Å²) >= 11 is 0. The molecule has 0 radical (unpaired) electrons. The van der Waals surface area contributed by atoms with Gasteiger partial charge in [0.25, 0.3) is 0 Å². The minimum absolute atomic E-state index is 0.238. The van der Waals surface area contributed by atoms with Gasteiger partial charge in [-0.1, -0.05) is 182 Å². The summed E-state index contributed by atoms with van der Waals surface area (Å²) in [5.41, 5.74) is 5.64. The van der Waals surface area contributed by atoms with Gasteiger partial charge in [0.15, 0.2) is 0 Å². The Hall–Kier alpha value is -5.01. The third kappa shape index (κ3) is 6.87. The second-order valence-corrected chi connectivity index (χ2v) is 17.3. The molecule has 2 atom stereocenters. The van der Waals surface area contributed by atoms with Gasteiger partial charge in [0.05, 0.1) is 6.10 Å². The Morgan fingerprint density at radius 2 is 0.608 bits per heavy atom. The number of hydrogen-bond donors (Lipinski definition) is 1. The first-order valence-electron chi connectivity index (χ1n) is 18.4. The van der Waals surface area contributed by atoms with E-state index in [1.165, 1.54) is 44.2 Å². The van der Waals surface area contributed by atoms with E-state index in [0.29, 0.717) is 0 Å². The summed E-state index contributed by atoms with van der Waals surface area (Å²) in [6.07, 6.45) is 2.89. The van der Waals surface area contributed by atoms with Crippen molar-refractivity contribution in [1.82, 2.24) is 0 Å². The van der Waals surface area contributed by atoms with Crippen LogP contribution >= 0.6 is 7.26 Å². The molecule has 1 aliphatic rings. The number of rotatable bonds is 8. The molecular formula is C48H46BOP. The van der Waals surface area contributed by atoms with Crippen LogP contribution in [0.1, 0.15) is 25.7 Å². The molecule has 1 N–H and O–H groups in total. The maximum Gasteiger partial charge on any atom is 0.117 e. The average molecular weight is 681 g/mol. The number of hydrogen-bond acceptors (Lipinski definition) is 1. The SMILES string of the molecule is O[C@H]1CCCC[C@@H]1[P+](c1ccccc1)(c1ccccc1)c1ccccc1.c1ccc([B-](c2ccccc2)(c2ccccc2)c2ccccc2)cc1. The highest BCUT2D eigenvalue weighted by Gasteiger charge is 2.55. The molecule has 0 amide bonds. The molecule has 0 bridgehead atoms. The summed E-state index contributed by atoms with van der Waals surface area (Å²) in [4.78, 5) is 0. The van der Waals surface area contributed by atoms with Gasteiger partial charge in [-0.2, -0.15) is 21.9 Å². The smallest absolute Gasteiger partial charge is 0.117 e. The van der Waals surface area contributed by atoms with E-state index in [-0.39, 0.29) is 11.8 Å². The molecule has 1 nitrogen and oxygen atoms in total. The standard InChI is InChI=1S/C24H20B.C24H26OP/c1-5-13-21(14-6-1)25(22-15-7-2-8-16-22,23-17-9-3-10-18-23)24-19-11-4-12-20-24;25-23-18-10-11-19-24(23)26(20-12-4-1-5-13-20,21-14-6-2-7-15-21)22-16-8-3-9-17-22/h1-20H;1-9,12-17,23-25H,10-11,18-19H2/q-1;+1/t;23-,24-/m.0/s1. The molecule has 0 saturated heterocycles. The fraction of sp³-hybridized carbons (Fsp3) is 0.125. The third-order valence-electron chi connectivity index (χ3n) is 10.9. The Balaban J connectivity index is 0.000000159. The van der Waals surface area contributed by atoms with Crippen molar-refractivity contribution in [3.8, 4) is 0 Å². The number of benzene rings is 7. The molecule has 7 aromatic rings. The van der Waals surface area contributed by atoms with E-state index >= 15 is 0 Å². The predicted octanol–water partition coefficient (Wildman–Crippen LogP) is 7.35. The third-order valence-corrected chi connectivity index (χ3v) is 15.8. The highest BCUT2D eigenvalue weighted by molar-refractivity contribution is 7.96. The summed E-state index contributed by atoms with van der Waals surface area (Å²) in [6, 6.07) is 76.3. The van der Waals surface area contributed by atoms with Crippen LogP contribution in [-0.4, -0.2) is 23.0 Å². The molecule has 1 saturated carbocycles. The Morgan fingerprint density at radius 1 is 0.353 bits per heavy atom. The summed E-state index contributed by atoms with van der Waals surface area (Å²) in [7, 11) is -1.93. The molecular weight excluding hydrogens is 634 g/mol. The van der Waals surface area contributed by atoms with Gasteiger partial charge in [-0.25, -0.2) is 0 Å². The summed E-state index contributed by atoms with van der Waals surface area (Å²) in [6.45, 7) is 0. The average Bonchev–Trinajstić information content (AvgIpc) is 3.22. The lowest BCUT2D eigenvalue weighted by Crippen LogP contribution is -2.74. The van der Waals surface area contributed by atoms with Crippen molar-refractivity contribution in [2.24, 2.45) is 0 Å². The van der Waals surface area contributed by atoms with Gasteiger partial charge in [-0.15, -0.1) is 0 Å². The maximum absolute atomic E-state index is 11.1. The van der Waals surface area contributed by atoms with Crippen molar-refractivity contribution in [3.63, 3.8) is 0 Å². The first-order valence-corrected chi connectivity index (χ1v) is 20.2.